The van der Waals surface area contributed by atoms with Crippen LogP contribution in [-0.2, 0) is 4.74 Å². The number of halogens is 1. The zero-order valence-electron chi connectivity index (χ0n) is 15.2. The first-order chi connectivity index (χ1) is 12.3. The van der Waals surface area contributed by atoms with E-state index in [-0.39, 0.29) is 17.4 Å². The van der Waals surface area contributed by atoms with Gasteiger partial charge in [0.15, 0.2) is 0 Å². The Labute approximate surface area is 158 Å². The molecule has 0 radical (unpaired) electrons. The summed E-state index contributed by atoms with van der Waals surface area (Å²) in [5.74, 6) is 0. The lowest BCUT2D eigenvalue weighted by atomic mass is 10.1. The summed E-state index contributed by atoms with van der Waals surface area (Å²) < 4.78 is 5.44. The van der Waals surface area contributed by atoms with Crippen LogP contribution >= 0.6 is 11.6 Å². The topological polar surface area (TPSA) is 67.3 Å². The van der Waals surface area contributed by atoms with Gasteiger partial charge in [0.2, 0.25) is 5.28 Å². The van der Waals surface area contributed by atoms with Crippen molar-refractivity contribution in [1.82, 2.24) is 14.9 Å². The lowest BCUT2D eigenvalue weighted by Gasteiger charge is -2.24. The molecule has 1 aromatic heterocycles. The standard InChI is InChI=1S/C19H23ClN4O2/c1-19(2,3)26-18(25)24-10-8-15(12-24)22-14-6-4-5-13(11-14)16-7-9-21-17(20)23-16/h4-7,9,11,15,22H,8,10,12H2,1-3H3. The van der Waals surface area contributed by atoms with Gasteiger partial charge in [-0.1, -0.05) is 12.1 Å². The van der Waals surface area contributed by atoms with E-state index in [1.807, 2.05) is 51.1 Å². The normalized spacial score (nSPS) is 17.2. The van der Waals surface area contributed by atoms with E-state index >= 15 is 0 Å². The van der Waals surface area contributed by atoms with Crippen molar-refractivity contribution in [3.05, 3.63) is 41.8 Å². The molecule has 1 aliphatic rings. The van der Waals surface area contributed by atoms with Crippen LogP contribution in [0.5, 0.6) is 0 Å². The van der Waals surface area contributed by atoms with Crippen molar-refractivity contribution in [3.8, 4) is 11.3 Å². The second-order valence-corrected chi connectivity index (χ2v) is 7.69. The van der Waals surface area contributed by atoms with E-state index in [9.17, 15) is 4.79 Å². The molecule has 0 bridgehead atoms. The van der Waals surface area contributed by atoms with Crippen LogP contribution in [-0.4, -0.2) is 45.7 Å². The van der Waals surface area contributed by atoms with Gasteiger partial charge in [-0.05, 0) is 57.0 Å². The summed E-state index contributed by atoms with van der Waals surface area (Å²) in [7, 11) is 0. The Balaban J connectivity index is 1.63. The molecule has 138 valence electrons. The Morgan fingerprint density at radius 3 is 2.88 bits per heavy atom. The molecule has 2 aromatic rings. The summed E-state index contributed by atoms with van der Waals surface area (Å²) in [5.41, 5.74) is 2.24. The summed E-state index contributed by atoms with van der Waals surface area (Å²) in [4.78, 5) is 22.1. The van der Waals surface area contributed by atoms with Crippen molar-refractivity contribution in [2.45, 2.75) is 38.8 Å². The third-order valence-electron chi connectivity index (χ3n) is 4.00. The Morgan fingerprint density at radius 1 is 1.35 bits per heavy atom. The van der Waals surface area contributed by atoms with Gasteiger partial charge < -0.3 is 15.0 Å². The maximum absolute atomic E-state index is 12.2. The molecule has 1 amide bonds. The number of benzene rings is 1. The van der Waals surface area contributed by atoms with Gasteiger partial charge in [0.25, 0.3) is 0 Å². The Morgan fingerprint density at radius 2 is 2.15 bits per heavy atom. The van der Waals surface area contributed by atoms with Crippen molar-refractivity contribution >= 4 is 23.4 Å². The van der Waals surface area contributed by atoms with Crippen LogP contribution in [0.2, 0.25) is 5.28 Å². The maximum atomic E-state index is 12.2. The first-order valence-corrected chi connectivity index (χ1v) is 9.01. The molecule has 0 aliphatic carbocycles. The molecular formula is C19H23ClN4O2. The van der Waals surface area contributed by atoms with Crippen molar-refractivity contribution in [1.29, 1.82) is 0 Å². The van der Waals surface area contributed by atoms with Crippen LogP contribution in [0, 0.1) is 0 Å². The van der Waals surface area contributed by atoms with Gasteiger partial charge in [-0.3, -0.25) is 0 Å². The molecule has 0 spiro atoms. The van der Waals surface area contributed by atoms with Crippen LogP contribution in [0.15, 0.2) is 36.5 Å². The first-order valence-electron chi connectivity index (χ1n) is 8.63. The fraction of sp³-hybridized carbons (Fsp3) is 0.421. The summed E-state index contributed by atoms with van der Waals surface area (Å²) in [6, 6.07) is 9.98. The van der Waals surface area contributed by atoms with Gasteiger partial charge in [-0.15, -0.1) is 0 Å². The highest BCUT2D eigenvalue weighted by Gasteiger charge is 2.29. The molecule has 2 heterocycles. The second kappa shape index (κ2) is 7.50. The van der Waals surface area contributed by atoms with Gasteiger partial charge in [0, 0.05) is 36.6 Å². The number of carbonyl (C=O) groups is 1. The molecule has 1 fully saturated rings. The average Bonchev–Trinajstić information content (AvgIpc) is 3.02. The van der Waals surface area contributed by atoms with Crippen LogP contribution in [0.25, 0.3) is 11.3 Å². The molecule has 1 atom stereocenters. The number of carbonyl (C=O) groups excluding carboxylic acids is 1. The maximum Gasteiger partial charge on any atom is 0.410 e. The fourth-order valence-electron chi connectivity index (χ4n) is 2.87. The molecule has 0 saturated carbocycles. The second-order valence-electron chi connectivity index (χ2n) is 7.35. The number of hydrogen-bond acceptors (Lipinski definition) is 5. The van der Waals surface area contributed by atoms with Crippen LogP contribution in [0.4, 0.5) is 10.5 Å². The minimum atomic E-state index is -0.476. The summed E-state index contributed by atoms with van der Waals surface area (Å²) in [6.45, 7) is 6.94. The van der Waals surface area contributed by atoms with Gasteiger partial charge in [0.1, 0.15) is 5.60 Å². The third kappa shape index (κ3) is 4.85. The lowest BCUT2D eigenvalue weighted by Crippen LogP contribution is -2.36. The van der Waals surface area contributed by atoms with E-state index in [4.69, 9.17) is 16.3 Å². The molecular weight excluding hydrogens is 352 g/mol. The number of hydrogen-bond donors (Lipinski definition) is 1. The molecule has 7 heteroatoms. The van der Waals surface area contributed by atoms with E-state index in [1.54, 1.807) is 11.1 Å². The predicted octanol–water partition coefficient (Wildman–Crippen LogP) is 4.22. The molecule has 1 aromatic carbocycles. The lowest BCUT2D eigenvalue weighted by molar-refractivity contribution is 0.0293. The summed E-state index contributed by atoms with van der Waals surface area (Å²) >= 11 is 5.88. The van der Waals surface area contributed by atoms with Gasteiger partial charge in [-0.25, -0.2) is 14.8 Å². The Bertz CT molecular complexity index is 791. The summed E-state index contributed by atoms with van der Waals surface area (Å²) in [5, 5.41) is 3.71. The highest BCUT2D eigenvalue weighted by molar-refractivity contribution is 6.28. The predicted molar refractivity (Wildman–Crippen MR) is 102 cm³/mol. The molecule has 26 heavy (non-hydrogen) atoms. The molecule has 1 aliphatic heterocycles. The number of likely N-dealkylation sites (tertiary alicyclic amines) is 1. The minimum absolute atomic E-state index is 0.187. The number of nitrogens with one attached hydrogen (secondary N) is 1. The monoisotopic (exact) mass is 374 g/mol. The van der Waals surface area contributed by atoms with E-state index in [0.29, 0.717) is 13.1 Å². The van der Waals surface area contributed by atoms with Crippen molar-refractivity contribution < 1.29 is 9.53 Å². The quantitative estimate of drug-likeness (QED) is 0.815. The Kier molecular flexibility index (Phi) is 5.32. The number of aromatic nitrogens is 2. The van der Waals surface area contributed by atoms with E-state index < -0.39 is 5.60 Å². The minimum Gasteiger partial charge on any atom is -0.444 e. The zero-order chi connectivity index (χ0) is 18.7. The van der Waals surface area contributed by atoms with Crippen molar-refractivity contribution in [3.63, 3.8) is 0 Å². The zero-order valence-corrected chi connectivity index (χ0v) is 16.0. The van der Waals surface area contributed by atoms with Crippen molar-refractivity contribution in [2.75, 3.05) is 18.4 Å². The number of nitrogens with zero attached hydrogens (tertiary/aromatic N) is 3. The van der Waals surface area contributed by atoms with Gasteiger partial charge >= 0.3 is 6.09 Å². The Hall–Kier alpha value is -2.34. The number of ether oxygens (including phenoxy) is 1. The number of anilines is 1. The molecule has 1 saturated heterocycles. The van der Waals surface area contributed by atoms with Crippen LogP contribution in [0.3, 0.4) is 0 Å². The van der Waals surface area contributed by atoms with Gasteiger partial charge in [0.05, 0.1) is 5.69 Å². The highest BCUT2D eigenvalue weighted by atomic mass is 35.5. The number of rotatable bonds is 3. The number of amides is 1. The fourth-order valence-corrected chi connectivity index (χ4v) is 3.02. The smallest absolute Gasteiger partial charge is 0.410 e. The SMILES string of the molecule is CC(C)(C)OC(=O)N1CCC(Nc2cccc(-c3ccnc(Cl)n3)c2)C1. The van der Waals surface area contributed by atoms with Crippen LogP contribution < -0.4 is 5.32 Å². The highest BCUT2D eigenvalue weighted by Crippen LogP contribution is 2.24. The summed E-state index contributed by atoms with van der Waals surface area (Å²) in [6.07, 6.45) is 2.26. The molecule has 6 nitrogen and oxygen atoms in total. The van der Waals surface area contributed by atoms with Gasteiger partial charge in [-0.2, -0.15) is 0 Å². The largest absolute Gasteiger partial charge is 0.444 e. The average molecular weight is 375 g/mol. The molecule has 1 unspecified atom stereocenters. The first kappa shape index (κ1) is 18.5. The van der Waals surface area contributed by atoms with Crippen molar-refractivity contribution in [2.24, 2.45) is 0 Å². The van der Waals surface area contributed by atoms with E-state index in [2.05, 4.69) is 15.3 Å². The van der Waals surface area contributed by atoms with E-state index in [1.165, 1.54) is 0 Å². The van der Waals surface area contributed by atoms with Crippen LogP contribution in [0.1, 0.15) is 27.2 Å². The third-order valence-corrected chi connectivity index (χ3v) is 4.18. The molecule has 3 rings (SSSR count). The molecule has 1 N–H and O–H groups in total. The van der Waals surface area contributed by atoms with E-state index in [0.717, 1.165) is 23.4 Å².